The lowest BCUT2D eigenvalue weighted by atomic mass is 10.1. The average molecular weight is 265 g/mol. The largest absolute Gasteiger partial charge is 0.347 e. The number of aryl methyl sites for hydroxylation is 1. The summed E-state index contributed by atoms with van der Waals surface area (Å²) in [6.07, 6.45) is 5.38. The van der Waals surface area contributed by atoms with E-state index in [1.165, 1.54) is 6.20 Å². The van der Waals surface area contributed by atoms with Gasteiger partial charge in [0.25, 0.3) is 0 Å². The Balaban J connectivity index is 1.90. The van der Waals surface area contributed by atoms with Gasteiger partial charge in [-0.1, -0.05) is 6.07 Å². The van der Waals surface area contributed by atoms with Gasteiger partial charge in [-0.3, -0.25) is 4.98 Å². The molecule has 20 heavy (non-hydrogen) atoms. The number of aromatic nitrogens is 3. The number of anilines is 1. The van der Waals surface area contributed by atoms with Crippen molar-refractivity contribution in [2.45, 2.75) is 25.8 Å². The van der Waals surface area contributed by atoms with Crippen LogP contribution >= 0.6 is 0 Å². The number of hydrogen-bond donors (Lipinski definition) is 0. The average Bonchev–Trinajstić information content (AvgIpc) is 2.97. The van der Waals surface area contributed by atoms with Crippen LogP contribution in [0.5, 0.6) is 0 Å². The Morgan fingerprint density at radius 3 is 2.90 bits per heavy atom. The normalized spacial score (nSPS) is 18.0. The predicted octanol–water partition coefficient (Wildman–Crippen LogP) is 2.39. The molecule has 0 spiro atoms. The Hall–Kier alpha value is -2.48. The van der Waals surface area contributed by atoms with Gasteiger partial charge in [-0.2, -0.15) is 5.26 Å². The van der Waals surface area contributed by atoms with E-state index in [-0.39, 0.29) is 6.04 Å². The van der Waals surface area contributed by atoms with E-state index >= 15 is 0 Å². The fraction of sp³-hybridized carbons (Fsp3) is 0.333. The number of hydrogen-bond acceptors (Lipinski definition) is 5. The van der Waals surface area contributed by atoms with Crippen LogP contribution in [0.2, 0.25) is 0 Å². The molecule has 0 aromatic carbocycles. The first-order valence-corrected chi connectivity index (χ1v) is 6.70. The Labute approximate surface area is 117 Å². The summed E-state index contributed by atoms with van der Waals surface area (Å²) in [6.45, 7) is 2.95. The number of pyridine rings is 1. The summed E-state index contributed by atoms with van der Waals surface area (Å²) < 4.78 is 0. The molecule has 5 heteroatoms. The second-order valence-electron chi connectivity index (χ2n) is 4.93. The highest BCUT2D eigenvalue weighted by molar-refractivity contribution is 5.42. The molecule has 1 atom stereocenters. The molecule has 0 bridgehead atoms. The van der Waals surface area contributed by atoms with Crippen molar-refractivity contribution in [2.75, 3.05) is 11.4 Å². The van der Waals surface area contributed by atoms with Gasteiger partial charge in [-0.15, -0.1) is 0 Å². The molecule has 1 aliphatic heterocycles. The first-order chi connectivity index (χ1) is 9.78. The first kappa shape index (κ1) is 12.5. The van der Waals surface area contributed by atoms with Gasteiger partial charge in [0, 0.05) is 12.2 Å². The SMILES string of the molecule is Cc1cccc(C2CCCN2c2cnc(C#N)cn2)n1. The summed E-state index contributed by atoms with van der Waals surface area (Å²) in [5, 5.41) is 8.78. The van der Waals surface area contributed by atoms with Crippen molar-refractivity contribution in [3.63, 3.8) is 0 Å². The highest BCUT2D eigenvalue weighted by Gasteiger charge is 2.28. The lowest BCUT2D eigenvalue weighted by Crippen LogP contribution is -2.24. The van der Waals surface area contributed by atoms with E-state index < -0.39 is 0 Å². The summed E-state index contributed by atoms with van der Waals surface area (Å²) in [6, 6.07) is 8.35. The lowest BCUT2D eigenvalue weighted by molar-refractivity contribution is 0.683. The van der Waals surface area contributed by atoms with Crippen molar-refractivity contribution in [3.05, 3.63) is 47.7 Å². The fourth-order valence-electron chi connectivity index (χ4n) is 2.63. The van der Waals surface area contributed by atoms with Crippen molar-refractivity contribution >= 4 is 5.82 Å². The van der Waals surface area contributed by atoms with Crippen molar-refractivity contribution in [3.8, 4) is 6.07 Å². The second-order valence-corrected chi connectivity index (χ2v) is 4.93. The maximum absolute atomic E-state index is 8.78. The van der Waals surface area contributed by atoms with E-state index in [0.717, 1.165) is 36.6 Å². The van der Waals surface area contributed by atoms with E-state index in [1.54, 1.807) is 6.20 Å². The van der Waals surface area contributed by atoms with Crippen molar-refractivity contribution < 1.29 is 0 Å². The van der Waals surface area contributed by atoms with Crippen LogP contribution in [-0.2, 0) is 0 Å². The zero-order chi connectivity index (χ0) is 13.9. The minimum atomic E-state index is 0.247. The standard InChI is InChI=1S/C15H15N5/c1-11-4-2-5-13(19-11)14-6-3-7-20(14)15-10-17-12(8-16)9-18-15/h2,4-5,9-10,14H,3,6-7H2,1H3. The van der Waals surface area contributed by atoms with Gasteiger partial charge in [0.15, 0.2) is 5.69 Å². The molecule has 5 nitrogen and oxygen atoms in total. The molecule has 100 valence electrons. The van der Waals surface area contributed by atoms with E-state index in [1.807, 2.05) is 25.1 Å². The van der Waals surface area contributed by atoms with Crippen LogP contribution in [0.3, 0.4) is 0 Å². The molecule has 1 unspecified atom stereocenters. The number of rotatable bonds is 2. The monoisotopic (exact) mass is 265 g/mol. The molecule has 3 heterocycles. The van der Waals surface area contributed by atoms with Gasteiger partial charge in [0.1, 0.15) is 11.9 Å². The molecule has 2 aromatic rings. The fourth-order valence-corrected chi connectivity index (χ4v) is 2.63. The van der Waals surface area contributed by atoms with Gasteiger partial charge >= 0.3 is 0 Å². The highest BCUT2D eigenvalue weighted by Crippen LogP contribution is 2.33. The summed E-state index contributed by atoms with van der Waals surface area (Å²) in [4.78, 5) is 15.3. The van der Waals surface area contributed by atoms with Crippen LogP contribution in [0.1, 0.15) is 36.0 Å². The van der Waals surface area contributed by atoms with E-state index in [4.69, 9.17) is 5.26 Å². The summed E-state index contributed by atoms with van der Waals surface area (Å²) in [5.41, 5.74) is 2.45. The van der Waals surface area contributed by atoms with Crippen LogP contribution in [0.4, 0.5) is 5.82 Å². The van der Waals surface area contributed by atoms with Crippen LogP contribution in [-0.4, -0.2) is 21.5 Å². The van der Waals surface area contributed by atoms with E-state index in [2.05, 4.69) is 25.9 Å². The molecule has 3 rings (SSSR count). The maximum atomic E-state index is 8.78. The molecular formula is C15H15N5. The zero-order valence-corrected chi connectivity index (χ0v) is 11.3. The third-order valence-electron chi connectivity index (χ3n) is 3.55. The topological polar surface area (TPSA) is 65.7 Å². The Morgan fingerprint density at radius 2 is 2.20 bits per heavy atom. The van der Waals surface area contributed by atoms with Gasteiger partial charge in [0.2, 0.25) is 0 Å². The Bertz CT molecular complexity index is 644. The molecule has 1 fully saturated rings. The first-order valence-electron chi connectivity index (χ1n) is 6.70. The van der Waals surface area contributed by atoms with Crippen molar-refractivity contribution in [1.29, 1.82) is 5.26 Å². The van der Waals surface area contributed by atoms with E-state index in [0.29, 0.717) is 5.69 Å². The van der Waals surface area contributed by atoms with Crippen LogP contribution in [0.25, 0.3) is 0 Å². The maximum Gasteiger partial charge on any atom is 0.158 e. The van der Waals surface area contributed by atoms with Crippen LogP contribution in [0.15, 0.2) is 30.6 Å². The van der Waals surface area contributed by atoms with Crippen LogP contribution < -0.4 is 4.90 Å². The molecule has 0 N–H and O–H groups in total. The molecule has 2 aromatic heterocycles. The van der Waals surface area contributed by atoms with Crippen molar-refractivity contribution in [1.82, 2.24) is 15.0 Å². The Kier molecular flexibility index (Phi) is 3.30. The van der Waals surface area contributed by atoms with Crippen LogP contribution in [0, 0.1) is 18.3 Å². The number of nitrogens with zero attached hydrogens (tertiary/aromatic N) is 5. The minimum absolute atomic E-state index is 0.247. The molecule has 0 radical (unpaired) electrons. The second kappa shape index (κ2) is 5.25. The zero-order valence-electron chi connectivity index (χ0n) is 11.3. The highest BCUT2D eigenvalue weighted by atomic mass is 15.2. The van der Waals surface area contributed by atoms with Gasteiger partial charge < -0.3 is 4.90 Å². The van der Waals surface area contributed by atoms with Gasteiger partial charge in [-0.25, -0.2) is 9.97 Å². The molecule has 0 aliphatic carbocycles. The molecule has 1 saturated heterocycles. The molecule has 0 saturated carbocycles. The third kappa shape index (κ3) is 2.32. The lowest BCUT2D eigenvalue weighted by Gasteiger charge is -2.25. The van der Waals surface area contributed by atoms with Gasteiger partial charge in [0.05, 0.1) is 24.1 Å². The van der Waals surface area contributed by atoms with Gasteiger partial charge in [-0.05, 0) is 31.9 Å². The summed E-state index contributed by atoms with van der Waals surface area (Å²) >= 11 is 0. The van der Waals surface area contributed by atoms with E-state index in [9.17, 15) is 0 Å². The Morgan fingerprint density at radius 1 is 1.30 bits per heavy atom. The predicted molar refractivity (Wildman–Crippen MR) is 75.0 cm³/mol. The molecular weight excluding hydrogens is 250 g/mol. The number of nitriles is 1. The molecule has 1 aliphatic rings. The minimum Gasteiger partial charge on any atom is -0.347 e. The summed E-state index contributed by atoms with van der Waals surface area (Å²) in [7, 11) is 0. The molecule has 0 amide bonds. The quantitative estimate of drug-likeness (QED) is 0.834. The summed E-state index contributed by atoms with van der Waals surface area (Å²) in [5.74, 6) is 0.815. The third-order valence-corrected chi connectivity index (χ3v) is 3.55. The van der Waals surface area contributed by atoms with Crippen molar-refractivity contribution in [2.24, 2.45) is 0 Å². The smallest absolute Gasteiger partial charge is 0.158 e.